The first-order valence-electron chi connectivity index (χ1n) is 5.43. The van der Waals surface area contributed by atoms with Gasteiger partial charge >= 0.3 is 0 Å². The van der Waals surface area contributed by atoms with Crippen molar-refractivity contribution in [3.05, 3.63) is 34.1 Å². The molecule has 1 aromatic carbocycles. The molecule has 6 heteroatoms. The van der Waals surface area contributed by atoms with Crippen LogP contribution in [0.15, 0.2) is 18.2 Å². The number of rotatable bonds is 2. The normalized spacial score (nSPS) is 10.9. The Labute approximate surface area is 115 Å². The lowest BCUT2D eigenvalue weighted by atomic mass is 10.2. The van der Waals surface area contributed by atoms with Crippen LogP contribution in [0.1, 0.15) is 25.6 Å². The summed E-state index contributed by atoms with van der Waals surface area (Å²) in [7, 11) is 0. The quantitative estimate of drug-likeness (QED) is 0.915. The zero-order chi connectivity index (χ0) is 13.3. The standard InChI is InChI=1S/C12H12Cl2N4/c1-6(2)10-16-11(18-12(15)17-10)7-3-8(13)5-9(14)4-7/h3-6H,1-2H3,(H2,15,16,17,18). The minimum absolute atomic E-state index is 0.170. The average Bonchev–Trinajstić information content (AvgIpc) is 2.26. The van der Waals surface area contributed by atoms with E-state index in [1.54, 1.807) is 18.2 Å². The van der Waals surface area contributed by atoms with Crippen LogP contribution < -0.4 is 5.73 Å². The summed E-state index contributed by atoms with van der Waals surface area (Å²) in [6.07, 6.45) is 0. The van der Waals surface area contributed by atoms with Gasteiger partial charge in [-0.05, 0) is 18.2 Å². The van der Waals surface area contributed by atoms with Gasteiger partial charge in [-0.15, -0.1) is 0 Å². The summed E-state index contributed by atoms with van der Waals surface area (Å²) in [5, 5.41) is 1.06. The van der Waals surface area contributed by atoms with Crippen LogP contribution in [0.4, 0.5) is 5.95 Å². The van der Waals surface area contributed by atoms with Gasteiger partial charge in [-0.25, -0.2) is 4.98 Å². The van der Waals surface area contributed by atoms with Gasteiger partial charge in [0, 0.05) is 21.5 Å². The van der Waals surface area contributed by atoms with E-state index >= 15 is 0 Å². The average molecular weight is 283 g/mol. The summed E-state index contributed by atoms with van der Waals surface area (Å²) in [6.45, 7) is 3.98. The molecule has 4 nitrogen and oxygen atoms in total. The Balaban J connectivity index is 2.56. The fourth-order valence-corrected chi connectivity index (χ4v) is 2.01. The molecule has 0 aliphatic rings. The van der Waals surface area contributed by atoms with E-state index < -0.39 is 0 Å². The molecular weight excluding hydrogens is 271 g/mol. The summed E-state index contributed by atoms with van der Waals surface area (Å²) < 4.78 is 0. The lowest BCUT2D eigenvalue weighted by Crippen LogP contribution is -2.06. The third-order valence-corrected chi connectivity index (χ3v) is 2.74. The molecule has 94 valence electrons. The molecule has 0 unspecified atom stereocenters. The SMILES string of the molecule is CC(C)c1nc(N)nc(-c2cc(Cl)cc(Cl)c2)n1. The Morgan fingerprint density at radius 3 is 2.17 bits per heavy atom. The van der Waals surface area contributed by atoms with Crippen LogP contribution in [0, 0.1) is 0 Å². The number of aromatic nitrogens is 3. The van der Waals surface area contributed by atoms with Crippen molar-refractivity contribution in [1.29, 1.82) is 0 Å². The summed E-state index contributed by atoms with van der Waals surface area (Å²) in [6, 6.07) is 5.14. The van der Waals surface area contributed by atoms with E-state index in [-0.39, 0.29) is 11.9 Å². The molecule has 18 heavy (non-hydrogen) atoms. The van der Waals surface area contributed by atoms with E-state index in [9.17, 15) is 0 Å². The van der Waals surface area contributed by atoms with Gasteiger partial charge < -0.3 is 5.73 Å². The highest BCUT2D eigenvalue weighted by molar-refractivity contribution is 6.35. The fourth-order valence-electron chi connectivity index (χ4n) is 1.48. The van der Waals surface area contributed by atoms with Crippen molar-refractivity contribution >= 4 is 29.2 Å². The van der Waals surface area contributed by atoms with Crippen LogP contribution in [0.5, 0.6) is 0 Å². The number of anilines is 1. The number of benzene rings is 1. The first-order valence-corrected chi connectivity index (χ1v) is 6.19. The maximum absolute atomic E-state index is 5.96. The molecule has 0 aliphatic heterocycles. The van der Waals surface area contributed by atoms with Crippen LogP contribution in [0.2, 0.25) is 10.0 Å². The lowest BCUT2D eigenvalue weighted by molar-refractivity contribution is 0.767. The van der Waals surface area contributed by atoms with E-state index in [0.717, 1.165) is 5.56 Å². The summed E-state index contributed by atoms with van der Waals surface area (Å²) in [4.78, 5) is 12.6. The second kappa shape index (κ2) is 5.08. The van der Waals surface area contributed by atoms with Crippen molar-refractivity contribution in [1.82, 2.24) is 15.0 Å². The van der Waals surface area contributed by atoms with Gasteiger partial charge in [0.25, 0.3) is 0 Å². The lowest BCUT2D eigenvalue weighted by Gasteiger charge is -2.07. The summed E-state index contributed by atoms with van der Waals surface area (Å²) >= 11 is 11.9. The number of hydrogen-bond donors (Lipinski definition) is 1. The first kappa shape index (κ1) is 13.1. The Hall–Kier alpha value is -1.39. The van der Waals surface area contributed by atoms with Gasteiger partial charge in [0.1, 0.15) is 5.82 Å². The van der Waals surface area contributed by atoms with Crippen molar-refractivity contribution in [2.75, 3.05) is 5.73 Å². The predicted octanol–water partition coefficient (Wildman–Crippen LogP) is 3.55. The summed E-state index contributed by atoms with van der Waals surface area (Å²) in [5.41, 5.74) is 6.41. The molecule has 0 saturated heterocycles. The van der Waals surface area contributed by atoms with Crippen LogP contribution >= 0.6 is 23.2 Å². The minimum atomic E-state index is 0.170. The number of halogens is 2. The monoisotopic (exact) mass is 282 g/mol. The molecule has 0 fully saturated rings. The Kier molecular flexibility index (Phi) is 3.68. The molecule has 1 aromatic heterocycles. The van der Waals surface area contributed by atoms with E-state index in [1.165, 1.54) is 0 Å². The summed E-state index contributed by atoms with van der Waals surface area (Å²) in [5.74, 6) is 1.49. The fraction of sp³-hybridized carbons (Fsp3) is 0.250. The largest absolute Gasteiger partial charge is 0.368 e. The Bertz CT molecular complexity index is 564. The topological polar surface area (TPSA) is 64.7 Å². The van der Waals surface area contributed by atoms with Crippen molar-refractivity contribution in [3.8, 4) is 11.4 Å². The molecule has 0 atom stereocenters. The van der Waals surface area contributed by atoms with Crippen molar-refractivity contribution in [2.24, 2.45) is 0 Å². The molecule has 0 spiro atoms. The molecule has 0 bridgehead atoms. The van der Waals surface area contributed by atoms with E-state index in [2.05, 4.69) is 15.0 Å². The maximum atomic E-state index is 5.96. The van der Waals surface area contributed by atoms with Gasteiger partial charge in [0.2, 0.25) is 5.95 Å². The molecule has 0 amide bonds. The molecule has 0 saturated carbocycles. The van der Waals surface area contributed by atoms with Crippen LogP contribution in [0.25, 0.3) is 11.4 Å². The van der Waals surface area contributed by atoms with Crippen molar-refractivity contribution < 1.29 is 0 Å². The smallest absolute Gasteiger partial charge is 0.223 e. The number of hydrogen-bond acceptors (Lipinski definition) is 4. The molecule has 2 rings (SSSR count). The maximum Gasteiger partial charge on any atom is 0.223 e. The second-order valence-corrected chi connectivity index (χ2v) is 5.06. The molecule has 2 N–H and O–H groups in total. The second-order valence-electron chi connectivity index (χ2n) is 4.19. The minimum Gasteiger partial charge on any atom is -0.368 e. The highest BCUT2D eigenvalue weighted by Crippen LogP contribution is 2.26. The van der Waals surface area contributed by atoms with E-state index in [0.29, 0.717) is 21.7 Å². The number of nitrogens with two attached hydrogens (primary N) is 1. The van der Waals surface area contributed by atoms with Gasteiger partial charge in [-0.1, -0.05) is 37.0 Å². The van der Waals surface area contributed by atoms with Crippen molar-refractivity contribution in [2.45, 2.75) is 19.8 Å². The predicted molar refractivity (Wildman–Crippen MR) is 73.8 cm³/mol. The third-order valence-electron chi connectivity index (χ3n) is 2.31. The number of nitrogens with zero attached hydrogens (tertiary/aromatic N) is 3. The highest BCUT2D eigenvalue weighted by Gasteiger charge is 2.10. The third kappa shape index (κ3) is 2.89. The van der Waals surface area contributed by atoms with E-state index in [4.69, 9.17) is 28.9 Å². The van der Waals surface area contributed by atoms with Gasteiger partial charge in [0.15, 0.2) is 5.82 Å². The highest BCUT2D eigenvalue weighted by atomic mass is 35.5. The van der Waals surface area contributed by atoms with Gasteiger partial charge in [-0.3, -0.25) is 0 Å². The molecular formula is C12H12Cl2N4. The Morgan fingerprint density at radius 1 is 1.00 bits per heavy atom. The molecule has 0 radical (unpaired) electrons. The molecule has 0 aliphatic carbocycles. The van der Waals surface area contributed by atoms with Crippen LogP contribution in [-0.2, 0) is 0 Å². The Morgan fingerprint density at radius 2 is 1.61 bits per heavy atom. The molecule has 1 heterocycles. The zero-order valence-corrected chi connectivity index (χ0v) is 11.5. The van der Waals surface area contributed by atoms with Crippen LogP contribution in [-0.4, -0.2) is 15.0 Å². The van der Waals surface area contributed by atoms with Gasteiger partial charge in [0.05, 0.1) is 0 Å². The molecule has 2 aromatic rings. The van der Waals surface area contributed by atoms with E-state index in [1.807, 2.05) is 13.8 Å². The van der Waals surface area contributed by atoms with Crippen molar-refractivity contribution in [3.63, 3.8) is 0 Å². The zero-order valence-electron chi connectivity index (χ0n) is 9.98. The first-order chi connectivity index (χ1) is 8.45. The van der Waals surface area contributed by atoms with Crippen LogP contribution in [0.3, 0.4) is 0 Å². The van der Waals surface area contributed by atoms with Gasteiger partial charge in [-0.2, -0.15) is 9.97 Å². The number of nitrogen functional groups attached to an aromatic ring is 1.